The zero-order valence-electron chi connectivity index (χ0n) is 13.0. The first kappa shape index (κ1) is 15.1. The second kappa shape index (κ2) is 6.44. The minimum absolute atomic E-state index is 0.0570. The van der Waals surface area contributed by atoms with E-state index >= 15 is 0 Å². The number of carbonyl (C=O) groups is 1. The van der Waals surface area contributed by atoms with E-state index in [0.29, 0.717) is 5.56 Å². The fourth-order valence-corrected chi connectivity index (χ4v) is 2.16. The Hall–Kier alpha value is -2.29. The molecule has 2 aromatic carbocycles. The van der Waals surface area contributed by atoms with Crippen LogP contribution < -0.4 is 10.6 Å². The minimum Gasteiger partial charge on any atom is -0.355 e. The van der Waals surface area contributed by atoms with Gasteiger partial charge in [-0.3, -0.25) is 4.79 Å². The number of carbonyl (C=O) groups excluding carboxylic acids is 1. The third kappa shape index (κ3) is 3.63. The average Bonchev–Trinajstić information content (AvgIpc) is 2.43. The first-order valence-electron chi connectivity index (χ1n) is 7.22. The molecule has 0 atom stereocenters. The predicted molar refractivity (Wildman–Crippen MR) is 88.2 cm³/mol. The van der Waals surface area contributed by atoms with Gasteiger partial charge in [0.25, 0.3) is 5.91 Å². The normalized spacial score (nSPS) is 10.5. The van der Waals surface area contributed by atoms with Crippen LogP contribution in [0, 0.1) is 13.8 Å². The lowest BCUT2D eigenvalue weighted by Gasteiger charge is -2.16. The molecule has 3 heteroatoms. The molecule has 2 aromatic rings. The molecule has 1 amide bonds. The van der Waals surface area contributed by atoms with Crippen molar-refractivity contribution in [2.75, 3.05) is 5.32 Å². The molecule has 0 aliphatic rings. The van der Waals surface area contributed by atoms with E-state index in [2.05, 4.69) is 30.5 Å². The second-order valence-electron chi connectivity index (χ2n) is 5.55. The van der Waals surface area contributed by atoms with Crippen molar-refractivity contribution in [1.82, 2.24) is 5.32 Å². The first-order chi connectivity index (χ1) is 9.99. The lowest BCUT2D eigenvalue weighted by molar-refractivity contribution is 0.0944. The monoisotopic (exact) mass is 282 g/mol. The maximum Gasteiger partial charge on any atom is 0.253 e. The number of nitrogens with one attached hydrogen (secondary N) is 2. The van der Waals surface area contributed by atoms with Gasteiger partial charge < -0.3 is 10.6 Å². The van der Waals surface area contributed by atoms with Crippen LogP contribution in [0.4, 0.5) is 11.4 Å². The Labute approximate surface area is 126 Å². The molecule has 2 rings (SSSR count). The van der Waals surface area contributed by atoms with Crippen LogP contribution in [0.15, 0.2) is 42.5 Å². The topological polar surface area (TPSA) is 41.1 Å². The molecule has 0 bridgehead atoms. The average molecular weight is 282 g/mol. The van der Waals surface area contributed by atoms with Crippen molar-refractivity contribution >= 4 is 17.3 Å². The zero-order chi connectivity index (χ0) is 15.4. The molecule has 3 nitrogen and oxygen atoms in total. The molecule has 0 aliphatic heterocycles. The van der Waals surface area contributed by atoms with Crippen molar-refractivity contribution in [2.24, 2.45) is 0 Å². The Bertz CT molecular complexity index is 647. The van der Waals surface area contributed by atoms with Crippen LogP contribution in [0.2, 0.25) is 0 Å². The van der Waals surface area contributed by atoms with E-state index in [4.69, 9.17) is 0 Å². The molecule has 0 spiro atoms. The van der Waals surface area contributed by atoms with Crippen LogP contribution in [0.1, 0.15) is 35.3 Å². The molecule has 0 radical (unpaired) electrons. The van der Waals surface area contributed by atoms with E-state index < -0.39 is 0 Å². The van der Waals surface area contributed by atoms with E-state index in [-0.39, 0.29) is 11.9 Å². The molecule has 0 aliphatic carbocycles. The smallest absolute Gasteiger partial charge is 0.253 e. The Morgan fingerprint density at radius 3 is 2.33 bits per heavy atom. The van der Waals surface area contributed by atoms with Crippen molar-refractivity contribution < 1.29 is 4.79 Å². The third-order valence-corrected chi connectivity index (χ3v) is 3.47. The van der Waals surface area contributed by atoms with Gasteiger partial charge in [-0.1, -0.05) is 24.3 Å². The van der Waals surface area contributed by atoms with Gasteiger partial charge in [-0.2, -0.15) is 0 Å². The van der Waals surface area contributed by atoms with Crippen LogP contribution in [0.3, 0.4) is 0 Å². The van der Waals surface area contributed by atoms with Crippen LogP contribution in [0.25, 0.3) is 0 Å². The maximum absolute atomic E-state index is 12.3. The number of hydrogen-bond donors (Lipinski definition) is 2. The van der Waals surface area contributed by atoms with Gasteiger partial charge in [0.2, 0.25) is 0 Å². The fraction of sp³-hybridized carbons (Fsp3) is 0.278. The van der Waals surface area contributed by atoms with Gasteiger partial charge in [-0.05, 0) is 57.0 Å². The van der Waals surface area contributed by atoms with Gasteiger partial charge in [0.1, 0.15) is 0 Å². The molecule has 0 saturated carbocycles. The number of aryl methyl sites for hydroxylation is 1. The van der Waals surface area contributed by atoms with Gasteiger partial charge in [0.15, 0.2) is 0 Å². The van der Waals surface area contributed by atoms with Crippen LogP contribution in [-0.2, 0) is 0 Å². The van der Waals surface area contributed by atoms with Crippen molar-refractivity contribution in [3.05, 3.63) is 59.2 Å². The summed E-state index contributed by atoms with van der Waals surface area (Å²) in [6.07, 6.45) is 0. The Morgan fingerprint density at radius 1 is 0.952 bits per heavy atom. The zero-order valence-corrected chi connectivity index (χ0v) is 13.0. The van der Waals surface area contributed by atoms with E-state index in [1.165, 1.54) is 11.1 Å². The molecule has 2 N–H and O–H groups in total. The van der Waals surface area contributed by atoms with E-state index in [1.807, 2.05) is 50.2 Å². The summed E-state index contributed by atoms with van der Waals surface area (Å²) in [6, 6.07) is 13.8. The van der Waals surface area contributed by atoms with Crippen molar-refractivity contribution in [2.45, 2.75) is 33.7 Å². The lowest BCUT2D eigenvalue weighted by Crippen LogP contribution is -2.30. The molecule has 0 aromatic heterocycles. The quantitative estimate of drug-likeness (QED) is 0.883. The Kier molecular flexibility index (Phi) is 4.63. The minimum atomic E-state index is -0.0570. The lowest BCUT2D eigenvalue weighted by atomic mass is 10.1. The number of anilines is 2. The van der Waals surface area contributed by atoms with Crippen LogP contribution >= 0.6 is 0 Å². The number of hydrogen-bond acceptors (Lipinski definition) is 2. The number of rotatable bonds is 4. The predicted octanol–water partition coefficient (Wildman–Crippen LogP) is 4.19. The molecular formula is C18H22N2O. The highest BCUT2D eigenvalue weighted by molar-refractivity contribution is 6.00. The van der Waals surface area contributed by atoms with E-state index in [1.54, 1.807) is 0 Å². The van der Waals surface area contributed by atoms with Crippen LogP contribution in [0.5, 0.6) is 0 Å². The van der Waals surface area contributed by atoms with Gasteiger partial charge in [-0.25, -0.2) is 0 Å². The Balaban J connectivity index is 2.32. The Morgan fingerprint density at radius 2 is 1.62 bits per heavy atom. The number of benzene rings is 2. The highest BCUT2D eigenvalue weighted by Crippen LogP contribution is 2.25. The van der Waals surface area contributed by atoms with Gasteiger partial charge in [-0.15, -0.1) is 0 Å². The molecule has 110 valence electrons. The van der Waals surface area contributed by atoms with Crippen LogP contribution in [-0.4, -0.2) is 11.9 Å². The summed E-state index contributed by atoms with van der Waals surface area (Å²) in [4.78, 5) is 12.3. The summed E-state index contributed by atoms with van der Waals surface area (Å²) in [7, 11) is 0. The highest BCUT2D eigenvalue weighted by atomic mass is 16.1. The second-order valence-corrected chi connectivity index (χ2v) is 5.55. The molecule has 0 saturated heterocycles. The SMILES string of the molecule is Cc1cccc(Nc2ccccc2C(=O)NC(C)C)c1C. The molecular weight excluding hydrogens is 260 g/mol. The van der Waals surface area contributed by atoms with Gasteiger partial charge in [0, 0.05) is 11.7 Å². The largest absolute Gasteiger partial charge is 0.355 e. The number of amides is 1. The summed E-state index contributed by atoms with van der Waals surface area (Å²) in [5.74, 6) is -0.0570. The van der Waals surface area contributed by atoms with E-state index in [9.17, 15) is 4.79 Å². The molecule has 21 heavy (non-hydrogen) atoms. The summed E-state index contributed by atoms with van der Waals surface area (Å²) in [5, 5.41) is 6.31. The van der Waals surface area contributed by atoms with Crippen molar-refractivity contribution in [1.29, 1.82) is 0 Å². The van der Waals surface area contributed by atoms with Gasteiger partial charge >= 0.3 is 0 Å². The number of para-hydroxylation sites is 1. The summed E-state index contributed by atoms with van der Waals surface area (Å²) in [6.45, 7) is 8.07. The van der Waals surface area contributed by atoms with Crippen molar-refractivity contribution in [3.63, 3.8) is 0 Å². The highest BCUT2D eigenvalue weighted by Gasteiger charge is 2.12. The third-order valence-electron chi connectivity index (χ3n) is 3.47. The first-order valence-corrected chi connectivity index (χ1v) is 7.22. The summed E-state index contributed by atoms with van der Waals surface area (Å²) >= 11 is 0. The fourth-order valence-electron chi connectivity index (χ4n) is 2.16. The summed E-state index contributed by atoms with van der Waals surface area (Å²) < 4.78 is 0. The molecule has 0 fully saturated rings. The van der Waals surface area contributed by atoms with E-state index in [0.717, 1.165) is 11.4 Å². The maximum atomic E-state index is 12.3. The van der Waals surface area contributed by atoms with Crippen molar-refractivity contribution in [3.8, 4) is 0 Å². The standard InChI is InChI=1S/C18H22N2O/c1-12(2)19-18(21)15-9-5-6-10-17(15)20-16-11-7-8-13(3)14(16)4/h5-12,20H,1-4H3,(H,19,21). The van der Waals surface area contributed by atoms with Gasteiger partial charge in [0.05, 0.1) is 11.3 Å². The molecule has 0 heterocycles. The summed E-state index contributed by atoms with van der Waals surface area (Å²) in [5.41, 5.74) is 4.93. The molecule has 0 unspecified atom stereocenters.